The largest absolute Gasteiger partial charge is 0.194 e. The third-order valence-electron chi connectivity index (χ3n) is 2.19. The van der Waals surface area contributed by atoms with Gasteiger partial charge in [-0.1, -0.05) is 19.8 Å². The molecule has 2 atom stereocenters. The summed E-state index contributed by atoms with van der Waals surface area (Å²) in [7, 11) is 0. The lowest BCUT2D eigenvalue weighted by molar-refractivity contribution is 0.454. The van der Waals surface area contributed by atoms with Crippen LogP contribution in [0.25, 0.3) is 0 Å². The van der Waals surface area contributed by atoms with Crippen LogP contribution in [-0.4, -0.2) is 12.6 Å². The van der Waals surface area contributed by atoms with E-state index in [0.29, 0.717) is 6.04 Å². The average Bonchev–Trinajstić information content (AvgIpc) is 2.31. The summed E-state index contributed by atoms with van der Waals surface area (Å²) in [5.74, 6) is 0.750. The first kappa shape index (κ1) is 7.70. The highest BCUT2D eigenvalue weighted by Crippen LogP contribution is 2.21. The molecule has 0 amide bonds. The van der Waals surface area contributed by atoms with Gasteiger partial charge in [-0.25, -0.2) is 0 Å². The molecule has 0 saturated heterocycles. The predicted octanol–water partition coefficient (Wildman–Crippen LogP) is 2.65. The molecule has 1 rings (SSSR count). The van der Waals surface area contributed by atoms with Gasteiger partial charge in [-0.2, -0.15) is 10.2 Å². The molecule has 0 bridgehead atoms. The fraction of sp³-hybridized carbons (Fsp3) is 1.00. The van der Waals surface area contributed by atoms with E-state index in [4.69, 9.17) is 0 Å². The van der Waals surface area contributed by atoms with Crippen molar-refractivity contribution in [3.05, 3.63) is 0 Å². The van der Waals surface area contributed by atoms with Crippen LogP contribution in [0.1, 0.15) is 33.1 Å². The van der Waals surface area contributed by atoms with Crippen molar-refractivity contribution in [2.75, 3.05) is 6.54 Å². The standard InChI is InChI=1S/C8H16N2/c1-3-4-5-8-6-9-10-7(8)2/h7-8H,3-6H2,1-2H3. The normalized spacial score (nSPS) is 31.4. The monoisotopic (exact) mass is 140 g/mol. The summed E-state index contributed by atoms with van der Waals surface area (Å²) in [6, 6.07) is 0.492. The van der Waals surface area contributed by atoms with Gasteiger partial charge in [-0.05, 0) is 13.3 Å². The third kappa shape index (κ3) is 1.79. The molecule has 1 aliphatic rings. The maximum absolute atomic E-state index is 4.10. The van der Waals surface area contributed by atoms with Gasteiger partial charge in [0.1, 0.15) is 0 Å². The molecule has 58 valence electrons. The Kier molecular flexibility index (Phi) is 2.84. The zero-order valence-corrected chi connectivity index (χ0v) is 6.88. The zero-order chi connectivity index (χ0) is 7.40. The van der Waals surface area contributed by atoms with Gasteiger partial charge in [0.15, 0.2) is 0 Å². The second-order valence-electron chi connectivity index (χ2n) is 3.08. The zero-order valence-electron chi connectivity index (χ0n) is 6.88. The number of hydrogen-bond donors (Lipinski definition) is 0. The number of rotatable bonds is 3. The summed E-state index contributed by atoms with van der Waals surface area (Å²) in [5, 5.41) is 8.12. The molecule has 0 aliphatic carbocycles. The van der Waals surface area contributed by atoms with Crippen molar-refractivity contribution in [1.29, 1.82) is 0 Å². The van der Waals surface area contributed by atoms with E-state index in [2.05, 4.69) is 24.1 Å². The quantitative estimate of drug-likeness (QED) is 0.575. The van der Waals surface area contributed by atoms with E-state index < -0.39 is 0 Å². The first-order valence-corrected chi connectivity index (χ1v) is 4.21. The molecule has 1 heterocycles. The molecule has 10 heavy (non-hydrogen) atoms. The molecule has 0 aromatic heterocycles. The lowest BCUT2D eigenvalue weighted by atomic mass is 9.97. The maximum atomic E-state index is 4.10. The van der Waals surface area contributed by atoms with E-state index in [1.54, 1.807) is 0 Å². The Bertz CT molecular complexity index is 120. The Morgan fingerprint density at radius 1 is 1.50 bits per heavy atom. The number of unbranched alkanes of at least 4 members (excludes halogenated alkanes) is 1. The van der Waals surface area contributed by atoms with Crippen molar-refractivity contribution in [3.8, 4) is 0 Å². The predicted molar refractivity (Wildman–Crippen MR) is 42.2 cm³/mol. The summed E-state index contributed by atoms with van der Waals surface area (Å²) < 4.78 is 0. The lowest BCUT2D eigenvalue weighted by Gasteiger charge is -2.09. The molecule has 0 spiro atoms. The van der Waals surface area contributed by atoms with Crippen LogP contribution in [0.5, 0.6) is 0 Å². The molecule has 0 saturated carbocycles. The summed E-state index contributed by atoms with van der Waals surface area (Å²) in [4.78, 5) is 0. The Morgan fingerprint density at radius 2 is 2.30 bits per heavy atom. The molecule has 0 aromatic carbocycles. The molecule has 2 nitrogen and oxygen atoms in total. The molecule has 0 aromatic rings. The highest BCUT2D eigenvalue weighted by atomic mass is 15.2. The topological polar surface area (TPSA) is 24.7 Å². The minimum Gasteiger partial charge on any atom is -0.194 e. The van der Waals surface area contributed by atoms with Crippen molar-refractivity contribution >= 4 is 0 Å². The molecule has 1 aliphatic heterocycles. The number of hydrogen-bond acceptors (Lipinski definition) is 2. The Labute approximate surface area is 62.7 Å². The van der Waals surface area contributed by atoms with E-state index in [1.165, 1.54) is 19.3 Å². The molecular weight excluding hydrogens is 124 g/mol. The average molecular weight is 140 g/mol. The van der Waals surface area contributed by atoms with Crippen LogP contribution in [0.3, 0.4) is 0 Å². The Hall–Kier alpha value is -0.400. The highest BCUT2D eigenvalue weighted by molar-refractivity contribution is 4.77. The molecule has 0 fully saturated rings. The van der Waals surface area contributed by atoms with Gasteiger partial charge in [0, 0.05) is 5.92 Å². The van der Waals surface area contributed by atoms with Crippen molar-refractivity contribution in [2.45, 2.75) is 39.2 Å². The minimum absolute atomic E-state index is 0.492. The van der Waals surface area contributed by atoms with Gasteiger partial charge in [0.25, 0.3) is 0 Å². The van der Waals surface area contributed by atoms with Crippen LogP contribution in [0, 0.1) is 5.92 Å². The van der Waals surface area contributed by atoms with Crippen molar-refractivity contribution in [1.82, 2.24) is 0 Å². The van der Waals surface area contributed by atoms with Crippen LogP contribution in [-0.2, 0) is 0 Å². The summed E-state index contributed by atoms with van der Waals surface area (Å²) in [6.45, 7) is 5.37. The van der Waals surface area contributed by atoms with Gasteiger partial charge >= 0.3 is 0 Å². The molecular formula is C8H16N2. The molecule has 0 N–H and O–H groups in total. The van der Waals surface area contributed by atoms with Crippen molar-refractivity contribution in [3.63, 3.8) is 0 Å². The smallest absolute Gasteiger partial charge is 0.0726 e. The lowest BCUT2D eigenvalue weighted by Crippen LogP contribution is -2.12. The van der Waals surface area contributed by atoms with Gasteiger partial charge in [0.2, 0.25) is 0 Å². The van der Waals surface area contributed by atoms with Crippen molar-refractivity contribution < 1.29 is 0 Å². The van der Waals surface area contributed by atoms with Gasteiger partial charge in [-0.3, -0.25) is 0 Å². The highest BCUT2D eigenvalue weighted by Gasteiger charge is 2.19. The van der Waals surface area contributed by atoms with E-state index in [0.717, 1.165) is 12.5 Å². The summed E-state index contributed by atoms with van der Waals surface area (Å²) in [6.07, 6.45) is 3.94. The van der Waals surface area contributed by atoms with E-state index >= 15 is 0 Å². The van der Waals surface area contributed by atoms with Crippen LogP contribution in [0.4, 0.5) is 0 Å². The minimum atomic E-state index is 0.492. The number of azo groups is 1. The second-order valence-corrected chi connectivity index (χ2v) is 3.08. The van der Waals surface area contributed by atoms with Crippen LogP contribution >= 0.6 is 0 Å². The van der Waals surface area contributed by atoms with Crippen molar-refractivity contribution in [2.24, 2.45) is 16.1 Å². The van der Waals surface area contributed by atoms with Crippen LogP contribution < -0.4 is 0 Å². The first-order valence-electron chi connectivity index (χ1n) is 4.21. The molecule has 2 unspecified atom stereocenters. The van der Waals surface area contributed by atoms with E-state index in [9.17, 15) is 0 Å². The first-order chi connectivity index (χ1) is 4.84. The third-order valence-corrected chi connectivity index (χ3v) is 2.19. The SMILES string of the molecule is CCCCC1CN=NC1C. The molecule has 0 radical (unpaired) electrons. The number of nitrogens with zero attached hydrogens (tertiary/aromatic N) is 2. The van der Waals surface area contributed by atoms with Gasteiger partial charge in [0.05, 0.1) is 12.6 Å². The maximum Gasteiger partial charge on any atom is 0.0726 e. The molecule has 2 heteroatoms. The van der Waals surface area contributed by atoms with E-state index in [-0.39, 0.29) is 0 Å². The van der Waals surface area contributed by atoms with Crippen LogP contribution in [0.15, 0.2) is 10.2 Å². The van der Waals surface area contributed by atoms with E-state index in [1.807, 2.05) is 0 Å². The Balaban J connectivity index is 2.17. The fourth-order valence-corrected chi connectivity index (χ4v) is 1.33. The summed E-state index contributed by atoms with van der Waals surface area (Å²) in [5.41, 5.74) is 0. The van der Waals surface area contributed by atoms with Gasteiger partial charge < -0.3 is 0 Å². The fourth-order valence-electron chi connectivity index (χ4n) is 1.33. The van der Waals surface area contributed by atoms with Gasteiger partial charge in [-0.15, -0.1) is 0 Å². The van der Waals surface area contributed by atoms with Crippen LogP contribution in [0.2, 0.25) is 0 Å². The second kappa shape index (κ2) is 3.69. The summed E-state index contributed by atoms with van der Waals surface area (Å²) >= 11 is 0. The Morgan fingerprint density at radius 3 is 2.80 bits per heavy atom.